The van der Waals surface area contributed by atoms with Gasteiger partial charge in [-0.1, -0.05) is 12.1 Å². The van der Waals surface area contributed by atoms with Crippen LogP contribution in [0.5, 0.6) is 5.75 Å². The van der Waals surface area contributed by atoms with Crippen molar-refractivity contribution in [3.05, 3.63) is 74.7 Å². The lowest BCUT2D eigenvalue weighted by molar-refractivity contribution is -0.384. The fraction of sp³-hybridized carbons (Fsp3) is 0.292. The molecule has 9 nitrogen and oxygen atoms in total. The standard InChI is InChI=1S/C24H23N3O6S/c28-22(25-11-2-1-3-12-25)15-26-23(29)21(34-24(26)30)14-18-5-4-6-20(13-18)33-16-17-7-9-19(10-8-17)27(31)32/h4-10,13-14H,1-3,11-12,15-16H2/b21-14-. The summed E-state index contributed by atoms with van der Waals surface area (Å²) in [6.07, 6.45) is 4.58. The zero-order valence-corrected chi connectivity index (χ0v) is 19.2. The number of non-ortho nitro benzene ring substituents is 1. The molecule has 2 fully saturated rings. The Morgan fingerprint density at radius 1 is 1.09 bits per heavy atom. The van der Waals surface area contributed by atoms with Gasteiger partial charge in [-0.15, -0.1) is 0 Å². The number of carbonyl (C=O) groups is 3. The number of carbonyl (C=O) groups excluding carboxylic acids is 3. The second kappa shape index (κ2) is 10.5. The molecule has 0 atom stereocenters. The van der Waals surface area contributed by atoms with E-state index in [4.69, 9.17) is 4.74 Å². The second-order valence-electron chi connectivity index (χ2n) is 7.99. The van der Waals surface area contributed by atoms with Crippen molar-refractivity contribution in [3.63, 3.8) is 0 Å². The highest BCUT2D eigenvalue weighted by atomic mass is 32.2. The first kappa shape index (κ1) is 23.5. The van der Waals surface area contributed by atoms with Crippen LogP contribution in [0.4, 0.5) is 10.5 Å². The predicted octanol–water partition coefficient (Wildman–Crippen LogP) is 4.22. The van der Waals surface area contributed by atoms with E-state index in [1.807, 2.05) is 0 Å². The Kier molecular flexibility index (Phi) is 7.27. The zero-order chi connectivity index (χ0) is 24.1. The Bertz CT molecular complexity index is 1140. The van der Waals surface area contributed by atoms with E-state index in [1.165, 1.54) is 12.1 Å². The van der Waals surface area contributed by atoms with Crippen LogP contribution in [-0.4, -0.2) is 51.4 Å². The monoisotopic (exact) mass is 481 g/mol. The van der Waals surface area contributed by atoms with Gasteiger partial charge in [-0.25, -0.2) is 0 Å². The number of imide groups is 1. The number of hydrogen-bond donors (Lipinski definition) is 0. The van der Waals surface area contributed by atoms with Crippen LogP contribution in [-0.2, 0) is 16.2 Å². The number of hydrogen-bond acceptors (Lipinski definition) is 7. The molecule has 2 saturated heterocycles. The third kappa shape index (κ3) is 5.63. The Morgan fingerprint density at radius 3 is 2.53 bits per heavy atom. The highest BCUT2D eigenvalue weighted by molar-refractivity contribution is 8.18. The molecule has 0 aliphatic carbocycles. The van der Waals surface area contributed by atoms with E-state index in [9.17, 15) is 24.5 Å². The molecule has 176 valence electrons. The topological polar surface area (TPSA) is 110 Å². The molecule has 2 aliphatic rings. The molecule has 0 radical (unpaired) electrons. The van der Waals surface area contributed by atoms with Gasteiger partial charge in [-0.05, 0) is 72.5 Å². The summed E-state index contributed by atoms with van der Waals surface area (Å²) >= 11 is 0.817. The van der Waals surface area contributed by atoms with E-state index in [0.29, 0.717) is 24.4 Å². The van der Waals surface area contributed by atoms with Crippen molar-refractivity contribution in [2.75, 3.05) is 19.6 Å². The van der Waals surface area contributed by atoms with Crippen molar-refractivity contribution in [2.24, 2.45) is 0 Å². The van der Waals surface area contributed by atoms with E-state index in [2.05, 4.69) is 0 Å². The minimum absolute atomic E-state index is 0.0114. The Morgan fingerprint density at radius 2 is 1.82 bits per heavy atom. The fourth-order valence-electron chi connectivity index (χ4n) is 3.74. The summed E-state index contributed by atoms with van der Waals surface area (Å²) < 4.78 is 5.77. The van der Waals surface area contributed by atoms with Gasteiger partial charge in [0.2, 0.25) is 5.91 Å². The number of nitrogens with zero attached hydrogens (tertiary/aromatic N) is 3. The minimum Gasteiger partial charge on any atom is -0.489 e. The average Bonchev–Trinajstić information content (AvgIpc) is 3.11. The van der Waals surface area contributed by atoms with Crippen LogP contribution < -0.4 is 4.74 Å². The Labute approximate surface area is 200 Å². The van der Waals surface area contributed by atoms with Gasteiger partial charge >= 0.3 is 0 Å². The van der Waals surface area contributed by atoms with Crippen molar-refractivity contribution in [1.29, 1.82) is 0 Å². The van der Waals surface area contributed by atoms with Gasteiger partial charge < -0.3 is 9.64 Å². The third-order valence-electron chi connectivity index (χ3n) is 5.58. The van der Waals surface area contributed by atoms with E-state index in [1.54, 1.807) is 47.4 Å². The number of piperidine rings is 1. The quantitative estimate of drug-likeness (QED) is 0.331. The molecule has 0 spiro atoms. The normalized spacial score (nSPS) is 17.4. The molecule has 4 rings (SSSR count). The van der Waals surface area contributed by atoms with Crippen LogP contribution in [0.15, 0.2) is 53.4 Å². The number of nitro groups is 1. The first-order valence-electron chi connectivity index (χ1n) is 10.9. The SMILES string of the molecule is O=C(CN1C(=O)S/C(=C\c2cccc(OCc3ccc([N+](=O)[O-])cc3)c2)C1=O)N1CCCCC1. The molecule has 3 amide bonds. The van der Waals surface area contributed by atoms with Gasteiger partial charge in [0.05, 0.1) is 9.83 Å². The molecule has 0 bridgehead atoms. The maximum absolute atomic E-state index is 12.8. The largest absolute Gasteiger partial charge is 0.489 e. The first-order valence-corrected chi connectivity index (χ1v) is 11.7. The van der Waals surface area contributed by atoms with Gasteiger partial charge in [0, 0.05) is 25.2 Å². The molecule has 2 aromatic rings. The molecule has 2 heterocycles. The van der Waals surface area contributed by atoms with Gasteiger partial charge in [-0.2, -0.15) is 0 Å². The maximum Gasteiger partial charge on any atom is 0.294 e. The third-order valence-corrected chi connectivity index (χ3v) is 6.49. The molecule has 2 aromatic carbocycles. The van der Waals surface area contributed by atoms with E-state index >= 15 is 0 Å². The van der Waals surface area contributed by atoms with Crippen molar-refractivity contribution in [3.8, 4) is 5.75 Å². The Balaban J connectivity index is 1.39. The van der Waals surface area contributed by atoms with Crippen LogP contribution in [0.1, 0.15) is 30.4 Å². The van der Waals surface area contributed by atoms with Gasteiger partial charge in [-0.3, -0.25) is 29.4 Å². The van der Waals surface area contributed by atoms with E-state index < -0.39 is 16.1 Å². The fourth-order valence-corrected chi connectivity index (χ4v) is 4.58. The highest BCUT2D eigenvalue weighted by Gasteiger charge is 2.37. The lowest BCUT2D eigenvalue weighted by atomic mass is 10.1. The summed E-state index contributed by atoms with van der Waals surface area (Å²) in [6, 6.07) is 13.1. The molecule has 0 unspecified atom stereocenters. The number of likely N-dealkylation sites (tertiary alicyclic amines) is 1. The summed E-state index contributed by atoms with van der Waals surface area (Å²) in [6.45, 7) is 1.31. The van der Waals surface area contributed by atoms with Crippen LogP contribution in [0, 0.1) is 10.1 Å². The maximum atomic E-state index is 12.8. The van der Waals surface area contributed by atoms with Crippen molar-refractivity contribution in [1.82, 2.24) is 9.80 Å². The molecule has 0 aromatic heterocycles. The van der Waals surface area contributed by atoms with Crippen LogP contribution in [0.25, 0.3) is 6.08 Å². The smallest absolute Gasteiger partial charge is 0.294 e. The van der Waals surface area contributed by atoms with Crippen LogP contribution >= 0.6 is 11.8 Å². The van der Waals surface area contributed by atoms with Gasteiger partial charge in [0.1, 0.15) is 18.9 Å². The molecule has 2 aliphatic heterocycles. The van der Waals surface area contributed by atoms with Gasteiger partial charge in [0.15, 0.2) is 0 Å². The Hall–Kier alpha value is -3.66. The minimum atomic E-state index is -0.474. The van der Waals surface area contributed by atoms with E-state index in [-0.39, 0.29) is 29.7 Å². The summed E-state index contributed by atoms with van der Waals surface area (Å²) in [4.78, 5) is 50.9. The predicted molar refractivity (Wildman–Crippen MR) is 127 cm³/mol. The molecule has 0 N–H and O–H groups in total. The lowest BCUT2D eigenvalue weighted by Crippen LogP contribution is -2.44. The zero-order valence-electron chi connectivity index (χ0n) is 18.3. The molecule has 34 heavy (non-hydrogen) atoms. The molecular formula is C24H23N3O6S. The molecule has 10 heteroatoms. The summed E-state index contributed by atoms with van der Waals surface area (Å²) in [5, 5.41) is 10.3. The highest BCUT2D eigenvalue weighted by Crippen LogP contribution is 2.32. The van der Waals surface area contributed by atoms with Crippen molar-refractivity contribution >= 4 is 40.6 Å². The number of amides is 3. The van der Waals surface area contributed by atoms with Gasteiger partial charge in [0.25, 0.3) is 16.8 Å². The van der Waals surface area contributed by atoms with Crippen molar-refractivity contribution in [2.45, 2.75) is 25.9 Å². The number of nitro benzene ring substituents is 1. The lowest BCUT2D eigenvalue weighted by Gasteiger charge is -2.27. The first-order chi connectivity index (χ1) is 16.4. The second-order valence-corrected chi connectivity index (χ2v) is 8.99. The number of benzene rings is 2. The average molecular weight is 482 g/mol. The number of thioether (sulfide) groups is 1. The number of ether oxygens (including phenoxy) is 1. The van der Waals surface area contributed by atoms with Crippen LogP contribution in [0.3, 0.4) is 0 Å². The van der Waals surface area contributed by atoms with E-state index in [0.717, 1.165) is 41.5 Å². The molecular weight excluding hydrogens is 458 g/mol. The summed E-state index contributed by atoms with van der Waals surface area (Å²) in [5.41, 5.74) is 1.46. The molecule has 0 saturated carbocycles. The van der Waals surface area contributed by atoms with Crippen LogP contribution in [0.2, 0.25) is 0 Å². The number of rotatable bonds is 7. The summed E-state index contributed by atoms with van der Waals surface area (Å²) in [5.74, 6) is -0.131. The van der Waals surface area contributed by atoms with Crippen molar-refractivity contribution < 1.29 is 24.0 Å². The summed E-state index contributed by atoms with van der Waals surface area (Å²) in [7, 11) is 0.